The van der Waals surface area contributed by atoms with Gasteiger partial charge in [-0.05, 0) is 65.8 Å². The molecule has 0 fully saturated rings. The number of ether oxygens (including phenoxy) is 1. The zero-order valence-corrected chi connectivity index (χ0v) is 12.2. The van der Waals surface area contributed by atoms with Gasteiger partial charge in [0.25, 0.3) is 0 Å². The van der Waals surface area contributed by atoms with E-state index >= 15 is 0 Å². The van der Waals surface area contributed by atoms with Crippen LogP contribution in [-0.4, -0.2) is 6.61 Å². The van der Waals surface area contributed by atoms with Gasteiger partial charge in [0, 0.05) is 3.57 Å². The summed E-state index contributed by atoms with van der Waals surface area (Å²) < 4.78 is 6.79. The van der Waals surface area contributed by atoms with Crippen LogP contribution < -0.4 is 4.74 Å². The molecule has 0 aliphatic carbocycles. The predicted molar refractivity (Wildman–Crippen MR) is 80.5 cm³/mol. The minimum absolute atomic E-state index is 0.702. The molecule has 1 nitrogen and oxygen atoms in total. The van der Waals surface area contributed by atoms with E-state index < -0.39 is 0 Å². The lowest BCUT2D eigenvalue weighted by atomic mass is 10.0. The average molecular weight is 338 g/mol. The van der Waals surface area contributed by atoms with Crippen molar-refractivity contribution >= 4 is 22.6 Å². The average Bonchev–Trinajstić information content (AvgIpc) is 2.33. The molecule has 88 valence electrons. The molecule has 0 amide bonds. The second kappa shape index (κ2) is 5.54. The molecule has 2 rings (SSSR count). The van der Waals surface area contributed by atoms with E-state index in [1.54, 1.807) is 0 Å². The summed E-state index contributed by atoms with van der Waals surface area (Å²) in [5.41, 5.74) is 3.75. The number of halogens is 1. The second-order valence-electron chi connectivity index (χ2n) is 3.94. The summed E-state index contributed by atoms with van der Waals surface area (Å²) in [6.45, 7) is 4.81. The first-order valence-corrected chi connectivity index (χ1v) is 6.78. The minimum atomic E-state index is 0.702. The molecule has 0 saturated carbocycles. The van der Waals surface area contributed by atoms with Crippen molar-refractivity contribution in [2.24, 2.45) is 0 Å². The third-order valence-corrected chi connectivity index (χ3v) is 3.55. The monoisotopic (exact) mass is 338 g/mol. The van der Waals surface area contributed by atoms with Crippen LogP contribution in [0, 0.1) is 10.5 Å². The van der Waals surface area contributed by atoms with Gasteiger partial charge in [-0.1, -0.05) is 29.8 Å². The van der Waals surface area contributed by atoms with Gasteiger partial charge in [-0.15, -0.1) is 0 Å². The van der Waals surface area contributed by atoms with Crippen LogP contribution in [-0.2, 0) is 0 Å². The molecule has 0 N–H and O–H groups in total. The number of rotatable bonds is 3. The molecule has 0 heterocycles. The molecule has 2 aromatic rings. The summed E-state index contributed by atoms with van der Waals surface area (Å²) in [4.78, 5) is 0. The maximum absolute atomic E-state index is 5.54. The summed E-state index contributed by atoms with van der Waals surface area (Å²) in [5.74, 6) is 0.934. The van der Waals surface area contributed by atoms with Crippen LogP contribution in [0.15, 0.2) is 42.5 Å². The van der Waals surface area contributed by atoms with Gasteiger partial charge in [-0.25, -0.2) is 0 Å². The van der Waals surface area contributed by atoms with Crippen LogP contribution in [0.3, 0.4) is 0 Å². The molecular weight excluding hydrogens is 323 g/mol. The fourth-order valence-corrected chi connectivity index (χ4v) is 2.36. The summed E-state index contributed by atoms with van der Waals surface area (Å²) in [6, 6.07) is 14.8. The lowest BCUT2D eigenvalue weighted by Gasteiger charge is -2.09. The van der Waals surface area contributed by atoms with Gasteiger partial charge in [0.2, 0.25) is 0 Å². The molecule has 0 radical (unpaired) electrons. The molecule has 0 aliphatic heterocycles. The first kappa shape index (κ1) is 12.4. The Balaban J connectivity index is 2.42. The lowest BCUT2D eigenvalue weighted by molar-refractivity contribution is 0.340. The van der Waals surface area contributed by atoms with Crippen molar-refractivity contribution in [3.05, 3.63) is 51.6 Å². The summed E-state index contributed by atoms with van der Waals surface area (Å²) >= 11 is 2.36. The van der Waals surface area contributed by atoms with Crippen LogP contribution in [0.25, 0.3) is 11.1 Å². The highest BCUT2D eigenvalue weighted by atomic mass is 127. The van der Waals surface area contributed by atoms with Crippen molar-refractivity contribution in [2.45, 2.75) is 13.8 Å². The quantitative estimate of drug-likeness (QED) is 0.740. The number of hydrogen-bond acceptors (Lipinski definition) is 1. The van der Waals surface area contributed by atoms with E-state index in [0.717, 1.165) is 5.75 Å². The van der Waals surface area contributed by atoms with E-state index in [9.17, 15) is 0 Å². The Kier molecular flexibility index (Phi) is 4.05. The Morgan fingerprint density at radius 2 is 1.76 bits per heavy atom. The van der Waals surface area contributed by atoms with Gasteiger partial charge in [-0.2, -0.15) is 0 Å². The Morgan fingerprint density at radius 3 is 2.41 bits per heavy atom. The van der Waals surface area contributed by atoms with Gasteiger partial charge >= 0.3 is 0 Å². The number of aryl methyl sites for hydroxylation is 1. The SMILES string of the molecule is CCOc1ccc(I)c(-c2ccc(C)cc2)c1. The molecule has 2 aromatic carbocycles. The lowest BCUT2D eigenvalue weighted by Crippen LogP contribution is -1.92. The molecule has 0 aromatic heterocycles. The Morgan fingerprint density at radius 1 is 1.06 bits per heavy atom. The highest BCUT2D eigenvalue weighted by molar-refractivity contribution is 14.1. The van der Waals surface area contributed by atoms with E-state index in [0.29, 0.717) is 6.61 Å². The van der Waals surface area contributed by atoms with Crippen molar-refractivity contribution in [2.75, 3.05) is 6.61 Å². The third kappa shape index (κ3) is 3.00. The summed E-state index contributed by atoms with van der Waals surface area (Å²) in [5, 5.41) is 0. The highest BCUT2D eigenvalue weighted by Gasteiger charge is 2.04. The van der Waals surface area contributed by atoms with Gasteiger partial charge in [-0.3, -0.25) is 0 Å². The van der Waals surface area contributed by atoms with Crippen molar-refractivity contribution in [3.63, 3.8) is 0 Å². The van der Waals surface area contributed by atoms with Gasteiger partial charge in [0.05, 0.1) is 6.61 Å². The number of hydrogen-bond donors (Lipinski definition) is 0. The van der Waals surface area contributed by atoms with E-state index in [1.807, 2.05) is 13.0 Å². The fraction of sp³-hybridized carbons (Fsp3) is 0.200. The molecule has 0 aliphatic rings. The summed E-state index contributed by atoms with van der Waals surface area (Å²) in [6.07, 6.45) is 0. The first-order valence-electron chi connectivity index (χ1n) is 5.70. The topological polar surface area (TPSA) is 9.23 Å². The van der Waals surface area contributed by atoms with Gasteiger partial charge < -0.3 is 4.74 Å². The minimum Gasteiger partial charge on any atom is -0.494 e. The van der Waals surface area contributed by atoms with Crippen LogP contribution in [0.2, 0.25) is 0 Å². The van der Waals surface area contributed by atoms with E-state index in [4.69, 9.17) is 4.74 Å². The van der Waals surface area contributed by atoms with E-state index in [1.165, 1.54) is 20.3 Å². The van der Waals surface area contributed by atoms with Gasteiger partial charge in [0.15, 0.2) is 0 Å². The number of benzene rings is 2. The molecule has 0 bridgehead atoms. The zero-order valence-electron chi connectivity index (χ0n) is 10.0. The van der Waals surface area contributed by atoms with E-state index in [-0.39, 0.29) is 0 Å². The van der Waals surface area contributed by atoms with E-state index in [2.05, 4.69) is 65.9 Å². The molecule has 0 spiro atoms. The molecule has 17 heavy (non-hydrogen) atoms. The van der Waals surface area contributed by atoms with Crippen molar-refractivity contribution in [1.29, 1.82) is 0 Å². The summed E-state index contributed by atoms with van der Waals surface area (Å²) in [7, 11) is 0. The third-order valence-electron chi connectivity index (χ3n) is 2.61. The van der Waals surface area contributed by atoms with Crippen LogP contribution >= 0.6 is 22.6 Å². The first-order chi connectivity index (χ1) is 8.20. The maximum Gasteiger partial charge on any atom is 0.119 e. The van der Waals surface area contributed by atoms with Gasteiger partial charge in [0.1, 0.15) is 5.75 Å². The standard InChI is InChI=1S/C15H15IO/c1-3-17-13-8-9-15(16)14(10-13)12-6-4-11(2)5-7-12/h4-10H,3H2,1-2H3. The zero-order chi connectivity index (χ0) is 12.3. The maximum atomic E-state index is 5.54. The largest absolute Gasteiger partial charge is 0.494 e. The molecule has 0 unspecified atom stereocenters. The predicted octanol–water partition coefficient (Wildman–Crippen LogP) is 4.67. The van der Waals surface area contributed by atoms with Crippen molar-refractivity contribution in [3.8, 4) is 16.9 Å². The molecule has 0 atom stereocenters. The fourth-order valence-electron chi connectivity index (χ4n) is 1.72. The van der Waals surface area contributed by atoms with Crippen LogP contribution in [0.5, 0.6) is 5.75 Å². The normalized spacial score (nSPS) is 10.3. The van der Waals surface area contributed by atoms with Crippen LogP contribution in [0.1, 0.15) is 12.5 Å². The molecular formula is C15H15IO. The Labute approximate surface area is 116 Å². The Hall–Kier alpha value is -1.03. The van der Waals surface area contributed by atoms with Crippen molar-refractivity contribution < 1.29 is 4.74 Å². The Bertz CT molecular complexity index is 503. The molecule has 0 saturated heterocycles. The van der Waals surface area contributed by atoms with Crippen molar-refractivity contribution in [1.82, 2.24) is 0 Å². The smallest absolute Gasteiger partial charge is 0.119 e. The highest BCUT2D eigenvalue weighted by Crippen LogP contribution is 2.29. The van der Waals surface area contributed by atoms with Crippen LogP contribution in [0.4, 0.5) is 0 Å². The second-order valence-corrected chi connectivity index (χ2v) is 5.10. The molecule has 2 heteroatoms.